The van der Waals surface area contributed by atoms with E-state index in [1.54, 1.807) is 0 Å². The Bertz CT molecular complexity index is 530. The van der Waals surface area contributed by atoms with Crippen LogP contribution in [-0.2, 0) is 28.6 Å². The Morgan fingerprint density at radius 1 is 1.04 bits per heavy atom. The van der Waals surface area contributed by atoms with Gasteiger partial charge >= 0.3 is 5.97 Å². The van der Waals surface area contributed by atoms with Gasteiger partial charge in [0.1, 0.15) is 36.6 Å². The minimum absolute atomic E-state index is 0.0735. The highest BCUT2D eigenvalue weighted by molar-refractivity contribution is 5.73. The highest BCUT2D eigenvalue weighted by atomic mass is 17.0. The molecule has 3 aliphatic rings. The van der Waals surface area contributed by atoms with Crippen molar-refractivity contribution in [1.29, 1.82) is 0 Å². The summed E-state index contributed by atoms with van der Waals surface area (Å²) in [5, 5.41) is 47.8. The smallest absolute Gasteiger partial charge is 0.335 e. The molecule has 3 heterocycles. The molecule has 13 nitrogen and oxygen atoms in total. The van der Waals surface area contributed by atoms with Crippen LogP contribution in [0.4, 0.5) is 0 Å². The molecule has 9 atom stereocenters. The van der Waals surface area contributed by atoms with Crippen LogP contribution in [0.2, 0.25) is 0 Å². The zero-order valence-corrected chi connectivity index (χ0v) is 12.6. The fraction of sp³-hybridized carbons (Fsp3) is 0.917. The summed E-state index contributed by atoms with van der Waals surface area (Å²) < 4.78 is 21.2. The molecule has 0 amide bonds. The Morgan fingerprint density at radius 3 is 2.24 bits per heavy atom. The second kappa shape index (κ2) is 6.95. The van der Waals surface area contributed by atoms with Gasteiger partial charge in [-0.3, -0.25) is 0 Å². The first kappa shape index (κ1) is 18.2. The van der Waals surface area contributed by atoms with E-state index >= 15 is 0 Å². The van der Waals surface area contributed by atoms with E-state index in [-0.39, 0.29) is 13.2 Å². The highest BCUT2D eigenvalue weighted by Crippen LogP contribution is 2.33. The van der Waals surface area contributed by atoms with E-state index in [0.717, 1.165) is 0 Å². The number of aliphatic hydroxyl groups excluding tert-OH is 3. The lowest BCUT2D eigenvalue weighted by Gasteiger charge is -2.39. The van der Waals surface area contributed by atoms with Gasteiger partial charge in [0, 0.05) is 0 Å². The summed E-state index contributed by atoms with van der Waals surface area (Å²) >= 11 is 0. The normalized spacial score (nSPS) is 46.6. The molecule has 0 aromatic rings. The van der Waals surface area contributed by atoms with Crippen LogP contribution in [0.25, 0.3) is 0 Å². The van der Waals surface area contributed by atoms with Gasteiger partial charge in [-0.15, -0.1) is 10.1 Å². The zero-order chi connectivity index (χ0) is 18.3. The average molecular weight is 367 g/mol. The van der Waals surface area contributed by atoms with Gasteiger partial charge in [0.15, 0.2) is 18.5 Å². The standard InChI is InChI=1S/C12H17NO12/c14-5-6(15)10(11(17)18)24-12(7(5)16)23-3-1-21-9-4(25-13(19)20)2-22-8(3)9/h3-10,12,14-16H,1-2H2,(H,17,18). The monoisotopic (exact) mass is 367 g/mol. The maximum absolute atomic E-state index is 11.1. The lowest BCUT2D eigenvalue weighted by Crippen LogP contribution is -2.61. The Balaban J connectivity index is 1.64. The van der Waals surface area contributed by atoms with Gasteiger partial charge in [0.2, 0.25) is 0 Å². The Kier molecular flexibility index (Phi) is 5.06. The van der Waals surface area contributed by atoms with E-state index in [0.29, 0.717) is 0 Å². The zero-order valence-electron chi connectivity index (χ0n) is 12.6. The minimum atomic E-state index is -1.83. The van der Waals surface area contributed by atoms with Crippen molar-refractivity contribution >= 4 is 5.97 Å². The molecule has 13 heteroatoms. The molecule has 4 N–H and O–H groups in total. The largest absolute Gasteiger partial charge is 0.479 e. The predicted octanol–water partition coefficient (Wildman–Crippen LogP) is -3.36. The Labute approximate surface area is 139 Å². The van der Waals surface area contributed by atoms with Crippen LogP contribution in [0, 0.1) is 10.1 Å². The number of aliphatic hydroxyl groups is 3. The van der Waals surface area contributed by atoms with Crippen LogP contribution in [0.5, 0.6) is 0 Å². The fourth-order valence-electron chi connectivity index (χ4n) is 3.08. The van der Waals surface area contributed by atoms with Crippen molar-refractivity contribution in [2.24, 2.45) is 0 Å². The molecule has 0 radical (unpaired) electrons. The Hall–Kier alpha value is -1.61. The average Bonchev–Trinajstić information content (AvgIpc) is 3.11. The molecule has 0 spiro atoms. The van der Waals surface area contributed by atoms with Crippen molar-refractivity contribution in [3.8, 4) is 0 Å². The number of carboxylic acid groups (broad SMARTS) is 1. The van der Waals surface area contributed by atoms with Gasteiger partial charge in [0.25, 0.3) is 5.09 Å². The SMILES string of the molecule is O=C(O)C1OC(OC2COC3C(O[N+](=O)[O-])COC23)C(O)C(O)C1O. The number of hydrogen-bond acceptors (Lipinski definition) is 11. The molecule has 9 unspecified atom stereocenters. The molecule has 0 aromatic carbocycles. The first-order valence-corrected chi connectivity index (χ1v) is 7.42. The van der Waals surface area contributed by atoms with E-state index in [1.807, 2.05) is 0 Å². The lowest BCUT2D eigenvalue weighted by molar-refractivity contribution is -0.769. The van der Waals surface area contributed by atoms with Crippen molar-refractivity contribution < 1.29 is 54.1 Å². The van der Waals surface area contributed by atoms with E-state index in [4.69, 9.17) is 24.1 Å². The molecule has 25 heavy (non-hydrogen) atoms. The maximum Gasteiger partial charge on any atom is 0.335 e. The molecule has 0 bridgehead atoms. The number of fused-ring (bicyclic) bond motifs is 1. The highest BCUT2D eigenvalue weighted by Gasteiger charge is 2.53. The second-order valence-electron chi connectivity index (χ2n) is 5.87. The molecular weight excluding hydrogens is 350 g/mol. The summed E-state index contributed by atoms with van der Waals surface area (Å²) in [5.41, 5.74) is 0. The molecule has 3 fully saturated rings. The lowest BCUT2D eigenvalue weighted by atomic mass is 9.99. The molecule has 3 rings (SSSR count). The van der Waals surface area contributed by atoms with Gasteiger partial charge < -0.3 is 44.2 Å². The van der Waals surface area contributed by atoms with Crippen molar-refractivity contribution in [3.63, 3.8) is 0 Å². The molecule has 3 saturated heterocycles. The summed E-state index contributed by atoms with van der Waals surface area (Å²) in [6.07, 6.45) is -12.0. The summed E-state index contributed by atoms with van der Waals surface area (Å²) in [4.78, 5) is 25.9. The quantitative estimate of drug-likeness (QED) is 0.279. The third-order valence-corrected chi connectivity index (χ3v) is 4.31. The van der Waals surface area contributed by atoms with E-state index in [1.165, 1.54) is 0 Å². The van der Waals surface area contributed by atoms with Crippen molar-refractivity contribution in [1.82, 2.24) is 0 Å². The predicted molar refractivity (Wildman–Crippen MR) is 70.5 cm³/mol. The van der Waals surface area contributed by atoms with Crippen molar-refractivity contribution in [2.75, 3.05) is 13.2 Å². The number of aliphatic carboxylic acids is 1. The first-order chi connectivity index (χ1) is 11.8. The van der Waals surface area contributed by atoms with Gasteiger partial charge in [-0.05, 0) is 0 Å². The summed E-state index contributed by atoms with van der Waals surface area (Å²) in [5.74, 6) is -1.54. The first-order valence-electron chi connectivity index (χ1n) is 7.42. The van der Waals surface area contributed by atoms with Gasteiger partial charge in [-0.25, -0.2) is 4.79 Å². The third-order valence-electron chi connectivity index (χ3n) is 4.31. The number of carboxylic acids is 1. The summed E-state index contributed by atoms with van der Waals surface area (Å²) in [6, 6.07) is 0. The summed E-state index contributed by atoms with van der Waals surface area (Å²) in [7, 11) is 0. The molecule has 0 aliphatic carbocycles. The van der Waals surface area contributed by atoms with Crippen LogP contribution in [-0.4, -0.2) is 99.8 Å². The van der Waals surface area contributed by atoms with Crippen molar-refractivity contribution in [3.05, 3.63) is 10.1 Å². The van der Waals surface area contributed by atoms with Gasteiger partial charge in [-0.1, -0.05) is 0 Å². The van der Waals surface area contributed by atoms with Crippen LogP contribution in [0.15, 0.2) is 0 Å². The van der Waals surface area contributed by atoms with Crippen molar-refractivity contribution in [2.45, 2.75) is 55.1 Å². The van der Waals surface area contributed by atoms with E-state index in [9.17, 15) is 30.2 Å². The summed E-state index contributed by atoms with van der Waals surface area (Å²) in [6.45, 7) is -0.181. The molecule has 0 aromatic heterocycles. The molecule has 142 valence electrons. The Morgan fingerprint density at radius 2 is 1.64 bits per heavy atom. The number of hydrogen-bond donors (Lipinski definition) is 4. The maximum atomic E-state index is 11.1. The fourth-order valence-corrected chi connectivity index (χ4v) is 3.08. The molecule has 0 saturated carbocycles. The van der Waals surface area contributed by atoms with E-state index in [2.05, 4.69) is 4.84 Å². The number of nitrogens with zero attached hydrogens (tertiary/aromatic N) is 1. The van der Waals surface area contributed by atoms with Gasteiger partial charge in [-0.2, -0.15) is 0 Å². The van der Waals surface area contributed by atoms with E-state index < -0.39 is 66.2 Å². The molecule has 3 aliphatic heterocycles. The van der Waals surface area contributed by atoms with Crippen LogP contribution < -0.4 is 0 Å². The number of ether oxygens (including phenoxy) is 4. The minimum Gasteiger partial charge on any atom is -0.479 e. The number of carbonyl (C=O) groups is 1. The topological polar surface area (TPSA) is 187 Å². The molecular formula is C12H17NO12. The third kappa shape index (κ3) is 3.39. The van der Waals surface area contributed by atoms with Gasteiger partial charge in [0.05, 0.1) is 13.2 Å². The number of rotatable bonds is 5. The van der Waals surface area contributed by atoms with Crippen LogP contribution >= 0.6 is 0 Å². The van der Waals surface area contributed by atoms with Crippen LogP contribution in [0.3, 0.4) is 0 Å². The van der Waals surface area contributed by atoms with Crippen LogP contribution in [0.1, 0.15) is 0 Å². The second-order valence-corrected chi connectivity index (χ2v) is 5.87.